The van der Waals surface area contributed by atoms with Crippen molar-refractivity contribution in [3.63, 3.8) is 0 Å². The second-order valence-corrected chi connectivity index (χ2v) is 8.03. The van der Waals surface area contributed by atoms with Crippen molar-refractivity contribution in [3.05, 3.63) is 71.5 Å². The maximum Gasteiger partial charge on any atom is 0.275 e. The molecule has 9 heteroatoms. The highest BCUT2D eigenvalue weighted by molar-refractivity contribution is 7.80. The van der Waals surface area contributed by atoms with Gasteiger partial charge in [0.15, 0.2) is 16.6 Å². The lowest BCUT2D eigenvalue weighted by Crippen LogP contribution is -2.49. The number of carbonyl (C=O) groups excluding carboxylic acids is 1. The minimum Gasteiger partial charge on any atom is -0.454 e. The van der Waals surface area contributed by atoms with Gasteiger partial charge in [0.05, 0.1) is 23.1 Å². The standard InChI is InChI=1S/C23H23N5O3S/c1-16-19(14-25-28(16)18-6-3-2-4-7-18)22(29)26-10-5-11-27(26)23(32)24-13-17-8-9-20-21(12-17)31-15-30-20/h2-4,6-9,12,14H,5,10-11,13,15H2,1H3,(H,24,32). The van der Waals surface area contributed by atoms with Crippen LogP contribution >= 0.6 is 12.2 Å². The fourth-order valence-electron chi connectivity index (χ4n) is 3.94. The summed E-state index contributed by atoms with van der Waals surface area (Å²) < 4.78 is 12.6. The van der Waals surface area contributed by atoms with E-state index in [0.29, 0.717) is 30.3 Å². The van der Waals surface area contributed by atoms with Crippen LogP contribution in [0.1, 0.15) is 28.0 Å². The lowest BCUT2D eigenvalue weighted by atomic mass is 10.2. The van der Waals surface area contributed by atoms with Gasteiger partial charge in [-0.15, -0.1) is 0 Å². The number of benzene rings is 2. The number of fused-ring (bicyclic) bond motifs is 1. The highest BCUT2D eigenvalue weighted by Gasteiger charge is 2.31. The van der Waals surface area contributed by atoms with E-state index in [4.69, 9.17) is 21.7 Å². The second-order valence-electron chi connectivity index (χ2n) is 7.64. The van der Waals surface area contributed by atoms with Gasteiger partial charge < -0.3 is 14.8 Å². The molecule has 1 fully saturated rings. The number of hydrogen-bond acceptors (Lipinski definition) is 5. The first-order chi connectivity index (χ1) is 15.6. The Morgan fingerprint density at radius 3 is 2.72 bits per heavy atom. The number of ether oxygens (including phenoxy) is 2. The molecule has 0 saturated carbocycles. The third kappa shape index (κ3) is 3.75. The van der Waals surface area contributed by atoms with E-state index < -0.39 is 0 Å². The molecule has 2 aromatic carbocycles. The van der Waals surface area contributed by atoms with Gasteiger partial charge >= 0.3 is 0 Å². The van der Waals surface area contributed by atoms with Gasteiger partial charge in [0.1, 0.15) is 0 Å². The van der Waals surface area contributed by atoms with Crippen molar-refractivity contribution in [2.45, 2.75) is 19.9 Å². The third-order valence-electron chi connectivity index (χ3n) is 5.62. The van der Waals surface area contributed by atoms with Crippen LogP contribution in [0.2, 0.25) is 0 Å². The highest BCUT2D eigenvalue weighted by Crippen LogP contribution is 2.32. The number of hydrogen-bond donors (Lipinski definition) is 1. The van der Waals surface area contributed by atoms with Gasteiger partial charge in [-0.05, 0) is 55.4 Å². The molecule has 0 bridgehead atoms. The maximum atomic E-state index is 13.3. The van der Waals surface area contributed by atoms with Crippen LogP contribution in [0.5, 0.6) is 11.5 Å². The molecule has 32 heavy (non-hydrogen) atoms. The number of thiocarbonyl (C=S) groups is 1. The van der Waals surface area contributed by atoms with Crippen molar-refractivity contribution in [1.29, 1.82) is 0 Å². The number of para-hydroxylation sites is 1. The summed E-state index contributed by atoms with van der Waals surface area (Å²) >= 11 is 5.62. The molecule has 0 radical (unpaired) electrons. The molecule has 1 N–H and O–H groups in total. The van der Waals surface area contributed by atoms with Crippen molar-refractivity contribution in [2.75, 3.05) is 19.9 Å². The molecule has 0 aliphatic carbocycles. The number of aromatic nitrogens is 2. The summed E-state index contributed by atoms with van der Waals surface area (Å²) in [6.45, 7) is 3.98. The van der Waals surface area contributed by atoms with Crippen molar-refractivity contribution >= 4 is 23.2 Å². The number of hydrazine groups is 1. The Balaban J connectivity index is 1.27. The summed E-state index contributed by atoms with van der Waals surface area (Å²) in [5.41, 5.74) is 3.31. The number of rotatable bonds is 4. The van der Waals surface area contributed by atoms with Gasteiger partial charge in [-0.1, -0.05) is 24.3 Å². The Bertz CT molecular complexity index is 1160. The monoisotopic (exact) mass is 449 g/mol. The lowest BCUT2D eigenvalue weighted by molar-refractivity contribution is 0.0490. The first kappa shape index (κ1) is 20.3. The molecule has 3 aromatic rings. The predicted octanol–water partition coefficient (Wildman–Crippen LogP) is 3.05. The molecule has 1 amide bonds. The van der Waals surface area contributed by atoms with E-state index in [-0.39, 0.29) is 12.7 Å². The average molecular weight is 450 g/mol. The number of amides is 1. The fourth-order valence-corrected chi connectivity index (χ4v) is 4.20. The van der Waals surface area contributed by atoms with Crippen LogP contribution in [0.25, 0.3) is 5.69 Å². The fraction of sp³-hybridized carbons (Fsp3) is 0.261. The van der Waals surface area contributed by atoms with Gasteiger partial charge in [-0.3, -0.25) is 9.80 Å². The summed E-state index contributed by atoms with van der Waals surface area (Å²) in [5, 5.41) is 11.7. The molecule has 0 spiro atoms. The van der Waals surface area contributed by atoms with Crippen LogP contribution in [-0.2, 0) is 6.54 Å². The smallest absolute Gasteiger partial charge is 0.275 e. The molecule has 5 rings (SSSR count). The lowest BCUT2D eigenvalue weighted by Gasteiger charge is -2.30. The molecular formula is C23H23N5O3S. The van der Waals surface area contributed by atoms with E-state index >= 15 is 0 Å². The minimum absolute atomic E-state index is 0.102. The molecule has 1 saturated heterocycles. The van der Waals surface area contributed by atoms with Gasteiger partial charge in [-0.2, -0.15) is 5.10 Å². The molecule has 0 atom stereocenters. The molecule has 3 heterocycles. The predicted molar refractivity (Wildman–Crippen MR) is 123 cm³/mol. The first-order valence-corrected chi connectivity index (χ1v) is 10.9. The quantitative estimate of drug-likeness (QED) is 0.614. The number of nitrogens with zero attached hydrogens (tertiary/aromatic N) is 4. The van der Waals surface area contributed by atoms with E-state index in [1.807, 2.05) is 60.5 Å². The number of carbonyl (C=O) groups is 1. The van der Waals surface area contributed by atoms with Gasteiger partial charge in [0.25, 0.3) is 5.91 Å². The molecule has 0 unspecified atom stereocenters. The zero-order valence-electron chi connectivity index (χ0n) is 17.7. The average Bonchev–Trinajstić information content (AvgIpc) is 3.56. The largest absolute Gasteiger partial charge is 0.454 e. The third-order valence-corrected chi connectivity index (χ3v) is 5.98. The van der Waals surface area contributed by atoms with Crippen LogP contribution < -0.4 is 14.8 Å². The first-order valence-electron chi connectivity index (χ1n) is 10.5. The van der Waals surface area contributed by atoms with E-state index in [0.717, 1.165) is 34.9 Å². The SMILES string of the molecule is Cc1c(C(=O)N2CCCN2C(=S)NCc2ccc3c(c2)OCO3)cnn1-c1ccccc1. The van der Waals surface area contributed by atoms with E-state index in [1.54, 1.807) is 15.9 Å². The van der Waals surface area contributed by atoms with E-state index in [9.17, 15) is 4.79 Å². The van der Waals surface area contributed by atoms with Crippen LogP contribution in [0.3, 0.4) is 0 Å². The highest BCUT2D eigenvalue weighted by atomic mass is 32.1. The van der Waals surface area contributed by atoms with Gasteiger partial charge in [-0.25, -0.2) is 9.69 Å². The topological polar surface area (TPSA) is 71.9 Å². The molecule has 2 aliphatic rings. The summed E-state index contributed by atoms with van der Waals surface area (Å²) in [6, 6.07) is 15.6. The maximum absolute atomic E-state index is 13.3. The Labute approximate surface area is 191 Å². The molecule has 1 aromatic heterocycles. The summed E-state index contributed by atoms with van der Waals surface area (Å²) in [7, 11) is 0. The van der Waals surface area contributed by atoms with Crippen LogP contribution in [0, 0.1) is 6.92 Å². The molecule has 164 valence electrons. The zero-order chi connectivity index (χ0) is 22.1. The Morgan fingerprint density at radius 1 is 1.09 bits per heavy atom. The summed E-state index contributed by atoms with van der Waals surface area (Å²) in [6.07, 6.45) is 2.48. The van der Waals surface area contributed by atoms with Crippen molar-refractivity contribution in [2.24, 2.45) is 0 Å². The second kappa shape index (κ2) is 8.51. The van der Waals surface area contributed by atoms with Gasteiger partial charge in [0.2, 0.25) is 6.79 Å². The van der Waals surface area contributed by atoms with Crippen LogP contribution in [-0.4, -0.2) is 50.7 Å². The molecule has 2 aliphatic heterocycles. The Kier molecular flexibility index (Phi) is 5.40. The van der Waals surface area contributed by atoms with Crippen molar-refractivity contribution in [1.82, 2.24) is 25.1 Å². The minimum atomic E-state index is -0.102. The van der Waals surface area contributed by atoms with E-state index in [1.165, 1.54) is 0 Å². The molecular weight excluding hydrogens is 426 g/mol. The number of nitrogens with one attached hydrogen (secondary N) is 1. The molecule has 8 nitrogen and oxygen atoms in total. The normalized spacial score (nSPS) is 14.7. The Morgan fingerprint density at radius 2 is 1.88 bits per heavy atom. The van der Waals surface area contributed by atoms with Crippen molar-refractivity contribution in [3.8, 4) is 17.2 Å². The zero-order valence-corrected chi connectivity index (χ0v) is 18.5. The van der Waals surface area contributed by atoms with Crippen LogP contribution in [0.4, 0.5) is 0 Å². The summed E-state index contributed by atoms with van der Waals surface area (Å²) in [4.78, 5) is 13.3. The van der Waals surface area contributed by atoms with E-state index in [2.05, 4.69) is 10.4 Å². The van der Waals surface area contributed by atoms with Crippen molar-refractivity contribution < 1.29 is 14.3 Å². The summed E-state index contributed by atoms with van der Waals surface area (Å²) in [5.74, 6) is 1.38. The van der Waals surface area contributed by atoms with Gasteiger partial charge in [0, 0.05) is 19.6 Å². The van der Waals surface area contributed by atoms with Crippen LogP contribution in [0.15, 0.2) is 54.7 Å². The Hall–Kier alpha value is -3.59.